The van der Waals surface area contributed by atoms with Crippen molar-refractivity contribution in [2.24, 2.45) is 0 Å². The number of carbonyl (C=O) groups excluding carboxylic acids is 1. The summed E-state index contributed by atoms with van der Waals surface area (Å²) < 4.78 is -0.305. The summed E-state index contributed by atoms with van der Waals surface area (Å²) in [6.07, 6.45) is 2.38. The van der Waals surface area contributed by atoms with Gasteiger partial charge in [-0.2, -0.15) is 0 Å². The van der Waals surface area contributed by atoms with Crippen LogP contribution in [0.3, 0.4) is 0 Å². The maximum Gasteiger partial charge on any atom is 0.240 e. The molecule has 1 aromatic carbocycles. The largest absolute Gasteiger partial charge is 0.325 e. The lowest BCUT2D eigenvalue weighted by Gasteiger charge is -2.23. The Morgan fingerprint density at radius 1 is 1.20 bits per heavy atom. The molecule has 0 bridgehead atoms. The maximum absolute atomic E-state index is 11.9. The van der Waals surface area contributed by atoms with E-state index >= 15 is 0 Å². The Morgan fingerprint density at radius 2 is 1.75 bits per heavy atom. The number of carbonyl (C=O) groups is 1. The fourth-order valence-corrected chi connectivity index (χ4v) is 3.17. The third-order valence-corrected chi connectivity index (χ3v) is 4.52. The minimum absolute atomic E-state index is 0.0378. The predicted molar refractivity (Wildman–Crippen MR) is 92.9 cm³/mol. The highest BCUT2D eigenvalue weighted by Gasteiger charge is 2.23. The van der Waals surface area contributed by atoms with Gasteiger partial charge in [0.05, 0.1) is 4.32 Å². The van der Waals surface area contributed by atoms with Crippen molar-refractivity contribution in [3.8, 4) is 0 Å². The van der Waals surface area contributed by atoms with Crippen LogP contribution in [-0.2, 0) is 4.79 Å². The van der Waals surface area contributed by atoms with Crippen molar-refractivity contribution in [2.45, 2.75) is 61.4 Å². The number of thioether (sulfide) groups is 1. The number of nitrogens with one attached hydrogen (secondary N) is 1. The molecule has 0 spiro atoms. The molecule has 1 amide bonds. The lowest BCUT2D eigenvalue weighted by atomic mass is 10.1. The average molecular weight is 358 g/mol. The Bertz CT molecular complexity index is 449. The van der Waals surface area contributed by atoms with Crippen LogP contribution in [0, 0.1) is 0 Å². The molecule has 20 heavy (non-hydrogen) atoms. The molecule has 0 aromatic heterocycles. The summed E-state index contributed by atoms with van der Waals surface area (Å²) in [6.45, 7) is 10.4. The molecule has 0 heterocycles. The monoisotopic (exact) mass is 357 g/mol. The first-order valence-electron chi connectivity index (χ1n) is 6.93. The van der Waals surface area contributed by atoms with E-state index in [1.807, 2.05) is 37.7 Å². The van der Waals surface area contributed by atoms with Gasteiger partial charge in [0.15, 0.2) is 0 Å². The summed E-state index contributed by atoms with van der Waals surface area (Å²) in [6, 6.07) is 8.06. The molecule has 0 fully saturated rings. The minimum atomic E-state index is -0.552. The van der Waals surface area contributed by atoms with Crippen molar-refractivity contribution < 1.29 is 4.79 Å². The van der Waals surface area contributed by atoms with Crippen LogP contribution in [0.5, 0.6) is 0 Å². The summed E-state index contributed by atoms with van der Waals surface area (Å²) >= 11 is 5.24. The molecule has 2 nitrogen and oxygen atoms in total. The fourth-order valence-electron chi connectivity index (χ4n) is 1.86. The molecule has 0 radical (unpaired) electrons. The highest BCUT2D eigenvalue weighted by atomic mass is 79.9. The van der Waals surface area contributed by atoms with Crippen LogP contribution in [0.25, 0.3) is 0 Å². The molecule has 0 saturated carbocycles. The molecule has 1 rings (SSSR count). The van der Waals surface area contributed by atoms with Crippen LogP contribution in [0.1, 0.15) is 47.5 Å². The molecule has 112 valence electrons. The van der Waals surface area contributed by atoms with E-state index in [1.165, 1.54) is 17.7 Å². The predicted octanol–water partition coefficient (Wildman–Crippen LogP) is 5.47. The molecule has 0 saturated heterocycles. The number of anilines is 1. The minimum Gasteiger partial charge on any atom is -0.325 e. The molecule has 0 atom stereocenters. The third-order valence-electron chi connectivity index (χ3n) is 2.90. The summed E-state index contributed by atoms with van der Waals surface area (Å²) in [5, 5.41) is 2.90. The van der Waals surface area contributed by atoms with Crippen molar-refractivity contribution in [3.63, 3.8) is 0 Å². The Morgan fingerprint density at radius 3 is 2.20 bits per heavy atom. The number of hydrogen-bond donors (Lipinski definition) is 1. The first kappa shape index (κ1) is 17.6. The van der Waals surface area contributed by atoms with Gasteiger partial charge in [-0.1, -0.05) is 43.1 Å². The van der Waals surface area contributed by atoms with Crippen LogP contribution in [-0.4, -0.2) is 15.0 Å². The Balaban J connectivity index is 2.68. The highest BCUT2D eigenvalue weighted by molar-refractivity contribution is 9.10. The zero-order valence-electron chi connectivity index (χ0n) is 12.9. The van der Waals surface area contributed by atoms with E-state index in [2.05, 4.69) is 54.2 Å². The van der Waals surface area contributed by atoms with Crippen LogP contribution in [0.2, 0.25) is 0 Å². The van der Waals surface area contributed by atoms with Crippen LogP contribution >= 0.6 is 27.7 Å². The Labute approximate surface area is 135 Å². The van der Waals surface area contributed by atoms with E-state index in [0.29, 0.717) is 0 Å². The van der Waals surface area contributed by atoms with Crippen LogP contribution in [0.15, 0.2) is 29.2 Å². The van der Waals surface area contributed by atoms with Crippen molar-refractivity contribution in [3.05, 3.63) is 24.3 Å². The quantitative estimate of drug-likeness (QED) is 0.540. The maximum atomic E-state index is 11.9. The second-order valence-electron chi connectivity index (χ2n) is 6.06. The smallest absolute Gasteiger partial charge is 0.240 e. The number of benzene rings is 1. The number of rotatable bonds is 6. The van der Waals surface area contributed by atoms with Crippen molar-refractivity contribution in [1.29, 1.82) is 0 Å². The summed E-state index contributed by atoms with van der Waals surface area (Å²) in [4.78, 5) is 13.1. The van der Waals surface area contributed by atoms with Gasteiger partial charge in [-0.25, -0.2) is 0 Å². The van der Waals surface area contributed by atoms with E-state index < -0.39 is 4.32 Å². The zero-order chi connectivity index (χ0) is 15.4. The van der Waals surface area contributed by atoms with E-state index in [1.54, 1.807) is 0 Å². The van der Waals surface area contributed by atoms with Crippen LogP contribution in [0.4, 0.5) is 5.69 Å². The topological polar surface area (TPSA) is 29.1 Å². The number of alkyl halides is 1. The molecule has 4 heteroatoms. The third kappa shape index (κ3) is 5.88. The Kier molecular flexibility index (Phi) is 6.14. The van der Waals surface area contributed by atoms with Gasteiger partial charge in [0.25, 0.3) is 0 Å². The van der Waals surface area contributed by atoms with E-state index in [4.69, 9.17) is 0 Å². The lowest BCUT2D eigenvalue weighted by molar-refractivity contribution is -0.117. The highest BCUT2D eigenvalue weighted by Crippen LogP contribution is 2.36. The molecule has 1 N–H and O–H groups in total. The molecule has 0 aliphatic heterocycles. The van der Waals surface area contributed by atoms with E-state index in [9.17, 15) is 4.79 Å². The molecule has 0 unspecified atom stereocenters. The average Bonchev–Trinajstić information content (AvgIpc) is 2.29. The van der Waals surface area contributed by atoms with Gasteiger partial charge < -0.3 is 5.32 Å². The summed E-state index contributed by atoms with van der Waals surface area (Å²) in [5.74, 6) is -0.0378. The molecule has 0 aliphatic rings. The molecular formula is C16H24BrNOS. The van der Waals surface area contributed by atoms with Crippen LogP contribution < -0.4 is 5.32 Å². The second-order valence-corrected chi connectivity index (χ2v) is 9.83. The standard InChI is InChI=1S/C16H24BrNOS/c1-6-11-15(2,3)20-13-9-7-12(8-10-13)18-14(19)16(4,5)17/h7-10H,6,11H2,1-5H3,(H,18,19). The number of hydrogen-bond acceptors (Lipinski definition) is 2. The summed E-state index contributed by atoms with van der Waals surface area (Å²) in [7, 11) is 0. The number of amides is 1. The van der Waals surface area contributed by atoms with Crippen molar-refractivity contribution in [2.75, 3.05) is 5.32 Å². The van der Waals surface area contributed by atoms with E-state index in [0.717, 1.165) is 5.69 Å². The normalized spacial score (nSPS) is 12.3. The van der Waals surface area contributed by atoms with Gasteiger partial charge in [0.2, 0.25) is 5.91 Å². The molecule has 1 aromatic rings. The van der Waals surface area contributed by atoms with Crippen molar-refractivity contribution in [1.82, 2.24) is 0 Å². The van der Waals surface area contributed by atoms with Gasteiger partial charge >= 0.3 is 0 Å². The molecular weight excluding hydrogens is 334 g/mol. The lowest BCUT2D eigenvalue weighted by Crippen LogP contribution is -2.30. The van der Waals surface area contributed by atoms with Gasteiger partial charge in [0, 0.05) is 15.3 Å². The zero-order valence-corrected chi connectivity index (χ0v) is 15.3. The van der Waals surface area contributed by atoms with Gasteiger partial charge in [-0.05, 0) is 44.5 Å². The first-order valence-corrected chi connectivity index (χ1v) is 8.54. The summed E-state index contributed by atoms with van der Waals surface area (Å²) in [5.41, 5.74) is 0.833. The van der Waals surface area contributed by atoms with Gasteiger partial charge in [-0.3, -0.25) is 4.79 Å². The van der Waals surface area contributed by atoms with Crippen molar-refractivity contribution >= 4 is 39.3 Å². The van der Waals surface area contributed by atoms with Gasteiger partial charge in [0.1, 0.15) is 0 Å². The van der Waals surface area contributed by atoms with E-state index in [-0.39, 0.29) is 10.7 Å². The number of halogens is 1. The Hall–Kier alpha value is -0.480. The first-order chi connectivity index (χ1) is 9.14. The second kappa shape index (κ2) is 6.99. The fraction of sp³-hybridized carbons (Fsp3) is 0.562. The molecule has 0 aliphatic carbocycles. The van der Waals surface area contributed by atoms with Gasteiger partial charge in [-0.15, -0.1) is 11.8 Å². The SMILES string of the molecule is CCCC(C)(C)Sc1ccc(NC(=O)C(C)(C)Br)cc1.